The molecule has 0 saturated carbocycles. The lowest BCUT2D eigenvalue weighted by atomic mass is 10.3. The third-order valence-corrected chi connectivity index (χ3v) is 4.81. The van der Waals surface area contributed by atoms with Crippen molar-refractivity contribution in [2.24, 2.45) is 0 Å². The zero-order valence-electron chi connectivity index (χ0n) is 11.3. The van der Waals surface area contributed by atoms with Gasteiger partial charge in [0.15, 0.2) is 0 Å². The molecule has 21 heavy (non-hydrogen) atoms. The molecular formula is C13H13NO5S2. The molecule has 0 saturated heterocycles. The summed E-state index contributed by atoms with van der Waals surface area (Å²) in [5, 5.41) is 3.06. The summed E-state index contributed by atoms with van der Waals surface area (Å²) in [6, 6.07) is 5.93. The number of methoxy groups -OCH3 is 2. The van der Waals surface area contributed by atoms with E-state index in [-0.39, 0.29) is 16.1 Å². The Balaban J connectivity index is 2.29. The van der Waals surface area contributed by atoms with E-state index in [0.717, 1.165) is 0 Å². The van der Waals surface area contributed by atoms with Crippen LogP contribution in [0.4, 0.5) is 5.69 Å². The van der Waals surface area contributed by atoms with Gasteiger partial charge in [-0.25, -0.2) is 13.2 Å². The molecule has 0 radical (unpaired) electrons. The van der Waals surface area contributed by atoms with E-state index in [1.54, 1.807) is 12.1 Å². The number of esters is 1. The summed E-state index contributed by atoms with van der Waals surface area (Å²) in [4.78, 5) is 11.6. The third kappa shape index (κ3) is 3.34. The molecule has 0 spiro atoms. The Kier molecular flexibility index (Phi) is 4.49. The monoisotopic (exact) mass is 327 g/mol. The summed E-state index contributed by atoms with van der Waals surface area (Å²) >= 11 is 1.20. The van der Waals surface area contributed by atoms with Gasteiger partial charge in [0.1, 0.15) is 5.75 Å². The second kappa shape index (κ2) is 6.15. The summed E-state index contributed by atoms with van der Waals surface area (Å²) < 4.78 is 36.5. The van der Waals surface area contributed by atoms with Crippen LogP contribution in [-0.4, -0.2) is 28.6 Å². The van der Waals surface area contributed by atoms with Gasteiger partial charge in [-0.2, -0.15) is 0 Å². The van der Waals surface area contributed by atoms with E-state index < -0.39 is 16.0 Å². The number of rotatable bonds is 5. The molecule has 0 amide bonds. The lowest BCUT2D eigenvalue weighted by Gasteiger charge is -2.09. The zero-order valence-corrected chi connectivity index (χ0v) is 13.0. The lowest BCUT2D eigenvalue weighted by molar-refractivity contribution is 0.0602. The third-order valence-electron chi connectivity index (χ3n) is 2.68. The van der Waals surface area contributed by atoms with Crippen LogP contribution in [0, 0.1) is 0 Å². The van der Waals surface area contributed by atoms with Crippen molar-refractivity contribution in [1.29, 1.82) is 0 Å². The predicted octanol–water partition coefficient (Wildman–Crippen LogP) is 2.34. The van der Waals surface area contributed by atoms with E-state index in [9.17, 15) is 13.2 Å². The number of nitrogens with one attached hydrogen (secondary N) is 1. The van der Waals surface area contributed by atoms with Crippen molar-refractivity contribution < 1.29 is 22.7 Å². The molecule has 0 atom stereocenters. The zero-order chi connectivity index (χ0) is 15.5. The smallest absolute Gasteiger partial charge is 0.340 e. The minimum atomic E-state index is -3.78. The SMILES string of the molecule is COC(=O)c1cscc1NS(=O)(=O)c1ccc(OC)cc1. The summed E-state index contributed by atoms with van der Waals surface area (Å²) in [6.07, 6.45) is 0. The Hall–Kier alpha value is -2.06. The maximum atomic E-state index is 12.3. The molecule has 0 aliphatic rings. The first-order chi connectivity index (χ1) is 9.97. The van der Waals surface area contributed by atoms with E-state index in [1.165, 1.54) is 48.4 Å². The van der Waals surface area contributed by atoms with E-state index in [0.29, 0.717) is 5.75 Å². The van der Waals surface area contributed by atoms with Crippen LogP contribution in [0.3, 0.4) is 0 Å². The largest absolute Gasteiger partial charge is 0.497 e. The van der Waals surface area contributed by atoms with E-state index >= 15 is 0 Å². The highest BCUT2D eigenvalue weighted by Crippen LogP contribution is 2.25. The number of ether oxygens (including phenoxy) is 2. The van der Waals surface area contributed by atoms with Gasteiger partial charge in [0.2, 0.25) is 0 Å². The van der Waals surface area contributed by atoms with Gasteiger partial charge in [0, 0.05) is 10.8 Å². The molecule has 2 rings (SSSR count). The lowest BCUT2D eigenvalue weighted by Crippen LogP contribution is -2.15. The van der Waals surface area contributed by atoms with Crippen LogP contribution < -0.4 is 9.46 Å². The molecule has 1 N–H and O–H groups in total. The number of benzene rings is 1. The second-order valence-electron chi connectivity index (χ2n) is 3.97. The molecule has 0 unspecified atom stereocenters. The number of carbonyl (C=O) groups excluding carboxylic acids is 1. The van der Waals surface area contributed by atoms with Crippen LogP contribution in [0.25, 0.3) is 0 Å². The van der Waals surface area contributed by atoms with Crippen LogP contribution in [-0.2, 0) is 14.8 Å². The van der Waals surface area contributed by atoms with Crippen molar-refractivity contribution in [2.75, 3.05) is 18.9 Å². The fourth-order valence-electron chi connectivity index (χ4n) is 1.60. The first-order valence-electron chi connectivity index (χ1n) is 5.79. The Morgan fingerprint density at radius 2 is 1.81 bits per heavy atom. The van der Waals surface area contributed by atoms with E-state index in [4.69, 9.17) is 4.74 Å². The average Bonchev–Trinajstić information content (AvgIpc) is 2.94. The van der Waals surface area contributed by atoms with Gasteiger partial charge in [-0.15, -0.1) is 11.3 Å². The van der Waals surface area contributed by atoms with Crippen LogP contribution in [0.5, 0.6) is 5.75 Å². The summed E-state index contributed by atoms with van der Waals surface area (Å²) in [7, 11) is -1.05. The van der Waals surface area contributed by atoms with Crippen molar-refractivity contribution in [1.82, 2.24) is 0 Å². The van der Waals surface area contributed by atoms with Crippen molar-refractivity contribution in [3.63, 3.8) is 0 Å². The van der Waals surface area contributed by atoms with Crippen molar-refractivity contribution >= 4 is 33.0 Å². The van der Waals surface area contributed by atoms with Gasteiger partial charge in [0.25, 0.3) is 10.0 Å². The highest BCUT2D eigenvalue weighted by molar-refractivity contribution is 7.92. The van der Waals surface area contributed by atoms with Gasteiger partial charge < -0.3 is 9.47 Å². The van der Waals surface area contributed by atoms with Gasteiger partial charge in [-0.1, -0.05) is 0 Å². The molecule has 0 fully saturated rings. The maximum Gasteiger partial charge on any atom is 0.340 e. The van der Waals surface area contributed by atoms with Crippen molar-refractivity contribution in [3.05, 3.63) is 40.6 Å². The number of thiophene rings is 1. The van der Waals surface area contributed by atoms with Crippen molar-refractivity contribution in [3.8, 4) is 5.75 Å². The molecule has 1 aromatic heterocycles. The normalized spacial score (nSPS) is 11.0. The molecular weight excluding hydrogens is 314 g/mol. The number of hydrogen-bond acceptors (Lipinski definition) is 6. The molecule has 2 aromatic rings. The molecule has 1 aromatic carbocycles. The van der Waals surface area contributed by atoms with Gasteiger partial charge in [0.05, 0.1) is 30.4 Å². The molecule has 8 heteroatoms. The van der Waals surface area contributed by atoms with E-state index in [2.05, 4.69) is 9.46 Å². The minimum Gasteiger partial charge on any atom is -0.497 e. The van der Waals surface area contributed by atoms with Gasteiger partial charge in [-0.3, -0.25) is 4.72 Å². The fraction of sp³-hybridized carbons (Fsp3) is 0.154. The average molecular weight is 327 g/mol. The number of sulfonamides is 1. The van der Waals surface area contributed by atoms with Crippen LogP contribution in [0.2, 0.25) is 0 Å². The fourth-order valence-corrected chi connectivity index (χ4v) is 3.50. The second-order valence-corrected chi connectivity index (χ2v) is 6.40. The molecule has 0 aliphatic carbocycles. The van der Waals surface area contributed by atoms with Crippen LogP contribution >= 0.6 is 11.3 Å². The quantitative estimate of drug-likeness (QED) is 0.853. The predicted molar refractivity (Wildman–Crippen MR) is 79.5 cm³/mol. The first kappa shape index (κ1) is 15.3. The maximum absolute atomic E-state index is 12.3. The Labute approximate surface area is 126 Å². The summed E-state index contributed by atoms with van der Waals surface area (Å²) in [5.74, 6) is -0.0385. The van der Waals surface area contributed by atoms with Crippen LogP contribution in [0.1, 0.15) is 10.4 Å². The Bertz CT molecular complexity index is 734. The van der Waals surface area contributed by atoms with Gasteiger partial charge in [-0.05, 0) is 24.3 Å². The molecule has 0 aliphatic heterocycles. The highest BCUT2D eigenvalue weighted by atomic mass is 32.2. The number of carbonyl (C=O) groups is 1. The van der Waals surface area contributed by atoms with Gasteiger partial charge >= 0.3 is 5.97 Å². The highest BCUT2D eigenvalue weighted by Gasteiger charge is 2.20. The summed E-state index contributed by atoms with van der Waals surface area (Å²) in [5.41, 5.74) is 0.377. The Morgan fingerprint density at radius 1 is 1.14 bits per heavy atom. The first-order valence-corrected chi connectivity index (χ1v) is 8.22. The van der Waals surface area contributed by atoms with Crippen LogP contribution in [0.15, 0.2) is 39.9 Å². The number of hydrogen-bond donors (Lipinski definition) is 1. The molecule has 0 bridgehead atoms. The minimum absolute atomic E-state index is 0.0744. The van der Waals surface area contributed by atoms with Crippen molar-refractivity contribution in [2.45, 2.75) is 4.90 Å². The standard InChI is InChI=1S/C13H13NO5S2/c1-18-9-3-5-10(6-4-9)21(16,17)14-12-8-20-7-11(12)13(15)19-2/h3-8,14H,1-2H3. The van der Waals surface area contributed by atoms with E-state index in [1.807, 2.05) is 0 Å². The number of anilines is 1. The topological polar surface area (TPSA) is 81.7 Å². The Morgan fingerprint density at radius 3 is 2.38 bits per heavy atom. The molecule has 112 valence electrons. The summed E-state index contributed by atoms with van der Waals surface area (Å²) in [6.45, 7) is 0. The molecule has 1 heterocycles. The molecule has 6 nitrogen and oxygen atoms in total.